The number of hydrogen-bond donors (Lipinski definition) is 0. The van der Waals surface area contributed by atoms with E-state index in [1.54, 1.807) is 0 Å². The van der Waals surface area contributed by atoms with Crippen LogP contribution in [0.5, 0.6) is 0 Å². The Labute approximate surface area is 141 Å². The second-order valence-electron chi connectivity index (χ2n) is 7.14. The average Bonchev–Trinajstić information content (AvgIpc) is 2.50. The monoisotopic (exact) mass is 326 g/mol. The van der Waals surface area contributed by atoms with Gasteiger partial charge in [0.05, 0.1) is 20.8 Å². The van der Waals surface area contributed by atoms with Crippen molar-refractivity contribution < 1.29 is 0 Å². The Kier molecular flexibility index (Phi) is 3.88. The summed E-state index contributed by atoms with van der Waals surface area (Å²) in [6.07, 6.45) is 0. The van der Waals surface area contributed by atoms with E-state index < -0.39 is 0 Å². The summed E-state index contributed by atoms with van der Waals surface area (Å²) < 4.78 is 3.35. The van der Waals surface area contributed by atoms with Crippen molar-refractivity contribution in [1.82, 2.24) is 9.56 Å². The van der Waals surface area contributed by atoms with Crippen molar-refractivity contribution in [3.05, 3.63) is 41.8 Å². The summed E-state index contributed by atoms with van der Waals surface area (Å²) in [5.41, 5.74) is 3.45. The van der Waals surface area contributed by atoms with Crippen LogP contribution in [-0.2, 0) is 0 Å². The summed E-state index contributed by atoms with van der Waals surface area (Å²) in [6, 6.07) is 13.0. The van der Waals surface area contributed by atoms with Crippen molar-refractivity contribution in [2.75, 3.05) is 26.0 Å². The van der Waals surface area contributed by atoms with Crippen LogP contribution in [0, 0.1) is 0 Å². The van der Waals surface area contributed by atoms with Gasteiger partial charge in [0.25, 0.3) is 0 Å². The Morgan fingerprint density at radius 2 is 1.78 bits per heavy atom. The molecule has 0 saturated carbocycles. The van der Waals surface area contributed by atoms with Crippen molar-refractivity contribution in [2.45, 2.75) is 26.3 Å². The summed E-state index contributed by atoms with van der Waals surface area (Å²) in [5.74, 6) is 0. The van der Waals surface area contributed by atoms with Crippen LogP contribution in [0.4, 0.5) is 5.69 Å². The maximum absolute atomic E-state index is 4.81. The van der Waals surface area contributed by atoms with Gasteiger partial charge in [-0.2, -0.15) is 0 Å². The van der Waals surface area contributed by atoms with Crippen LogP contribution in [0.3, 0.4) is 0 Å². The zero-order chi connectivity index (χ0) is 16.8. The number of nitrogens with zero attached hydrogens (tertiary/aromatic N) is 3. The maximum atomic E-state index is 4.81. The van der Waals surface area contributed by atoms with Crippen LogP contribution in [-0.4, -0.2) is 31.7 Å². The number of anilines is 1. The first kappa shape index (κ1) is 15.9. The lowest BCUT2D eigenvalue weighted by molar-refractivity contribution is 0.539. The van der Waals surface area contributed by atoms with Gasteiger partial charge in [0.2, 0.25) is 5.36 Å². The van der Waals surface area contributed by atoms with E-state index in [0.717, 1.165) is 11.2 Å². The fourth-order valence-electron chi connectivity index (χ4n) is 2.48. The molecule has 120 valence electrons. The largest absolute Gasteiger partial charge is 0.370 e. The van der Waals surface area contributed by atoms with E-state index in [-0.39, 0.29) is 5.54 Å². The Morgan fingerprint density at radius 1 is 1.04 bits per heavy atom. The molecule has 1 aromatic rings. The first-order valence-electron chi connectivity index (χ1n) is 7.84. The molecule has 1 heterocycles. The highest BCUT2D eigenvalue weighted by molar-refractivity contribution is 7.21. The second-order valence-corrected chi connectivity index (χ2v) is 8.23. The molecule has 0 fully saturated rings. The highest BCUT2D eigenvalue weighted by atomic mass is 32.1. The molecule has 3 rings (SSSR count). The molecular formula is C19H24N3S+. The van der Waals surface area contributed by atoms with Crippen molar-refractivity contribution in [3.63, 3.8) is 0 Å². The molecular weight excluding hydrogens is 302 g/mol. The van der Waals surface area contributed by atoms with Gasteiger partial charge in [-0.05, 0) is 45.0 Å². The summed E-state index contributed by atoms with van der Waals surface area (Å²) in [5, 5.41) is 1.21. The molecule has 3 nitrogen and oxygen atoms in total. The molecule has 4 heteroatoms. The molecule has 0 unspecified atom stereocenters. The fourth-order valence-corrected chi connectivity index (χ4v) is 3.51. The standard InChI is InChI=1S/C19H24N3S/c1-19(2,3)22(6)14-8-10-16-18(12-14)23-17-11-13(21(4)5)7-9-15(17)20-16/h7-12H,1-6H3/q+1. The minimum absolute atomic E-state index is 0.0979. The van der Waals surface area contributed by atoms with Crippen LogP contribution in [0.15, 0.2) is 36.4 Å². The zero-order valence-corrected chi connectivity index (χ0v) is 15.5. The van der Waals surface area contributed by atoms with Gasteiger partial charge >= 0.3 is 0 Å². The quantitative estimate of drug-likeness (QED) is 0.502. The van der Waals surface area contributed by atoms with Crippen molar-refractivity contribution in [1.29, 1.82) is 0 Å². The van der Waals surface area contributed by atoms with E-state index in [2.05, 4.69) is 87.8 Å². The second kappa shape index (κ2) is 5.60. The molecule has 1 aromatic carbocycles. The molecule has 0 atom stereocenters. The Hall–Kier alpha value is -1.94. The van der Waals surface area contributed by atoms with E-state index in [1.807, 2.05) is 11.3 Å². The summed E-state index contributed by atoms with van der Waals surface area (Å²) in [6.45, 7) is 6.67. The van der Waals surface area contributed by atoms with Gasteiger partial charge in [-0.25, -0.2) is 9.56 Å². The number of aromatic nitrogens is 1. The smallest absolute Gasteiger partial charge is 0.201 e. The fraction of sp³-hybridized carbons (Fsp3) is 0.368. The third-order valence-corrected chi connectivity index (χ3v) is 5.35. The Bertz CT molecular complexity index is 898. The first-order chi connectivity index (χ1) is 10.8. The molecule has 0 radical (unpaired) electrons. The molecule has 0 N–H and O–H groups in total. The minimum Gasteiger partial charge on any atom is -0.370 e. The molecule has 0 bridgehead atoms. The molecule has 1 aliphatic heterocycles. The van der Waals surface area contributed by atoms with E-state index in [4.69, 9.17) is 4.98 Å². The van der Waals surface area contributed by atoms with Gasteiger partial charge in [0, 0.05) is 30.4 Å². The molecule has 2 aliphatic rings. The van der Waals surface area contributed by atoms with Crippen molar-refractivity contribution >= 4 is 27.2 Å². The molecule has 1 aliphatic carbocycles. The highest BCUT2D eigenvalue weighted by Gasteiger charge is 2.18. The third-order valence-electron chi connectivity index (χ3n) is 4.26. The van der Waals surface area contributed by atoms with Gasteiger partial charge in [0.15, 0.2) is 0 Å². The highest BCUT2D eigenvalue weighted by Crippen LogP contribution is 2.32. The lowest BCUT2D eigenvalue weighted by Crippen LogP contribution is -2.37. The molecule has 0 aromatic heterocycles. The van der Waals surface area contributed by atoms with E-state index >= 15 is 0 Å². The number of hydrogen-bond acceptors (Lipinski definition) is 3. The van der Waals surface area contributed by atoms with Gasteiger partial charge in [-0.1, -0.05) is 0 Å². The topological polar surface area (TPSA) is 19.1 Å². The Balaban J connectivity index is 2.21. The first-order valence-corrected chi connectivity index (χ1v) is 8.66. The van der Waals surface area contributed by atoms with Gasteiger partial charge in [0.1, 0.15) is 14.1 Å². The van der Waals surface area contributed by atoms with Gasteiger partial charge in [-0.15, -0.1) is 11.3 Å². The zero-order valence-electron chi connectivity index (χ0n) is 14.7. The normalized spacial score (nSPS) is 11.9. The van der Waals surface area contributed by atoms with Crippen LogP contribution >= 0.6 is 11.3 Å². The van der Waals surface area contributed by atoms with E-state index in [9.17, 15) is 0 Å². The van der Waals surface area contributed by atoms with Crippen molar-refractivity contribution in [3.8, 4) is 10.6 Å². The van der Waals surface area contributed by atoms with Crippen LogP contribution < -0.4 is 14.8 Å². The lowest BCUT2D eigenvalue weighted by atomic mass is 10.1. The number of rotatable bonds is 1. The summed E-state index contributed by atoms with van der Waals surface area (Å²) >= 11 is 1.81. The lowest BCUT2D eigenvalue weighted by Gasteiger charge is -2.34. The molecule has 0 spiro atoms. The molecule has 0 saturated heterocycles. The summed E-state index contributed by atoms with van der Waals surface area (Å²) in [7, 11) is 6.28. The SMILES string of the molecule is CN(c1ccc2nc3ccc(=[N+](C)C)cc-3sc2c1)C(C)(C)C. The minimum atomic E-state index is 0.0979. The third kappa shape index (κ3) is 3.08. The van der Waals surface area contributed by atoms with E-state index in [1.165, 1.54) is 20.6 Å². The summed E-state index contributed by atoms with van der Waals surface area (Å²) in [4.78, 5) is 8.34. The van der Waals surface area contributed by atoms with Crippen LogP contribution in [0.25, 0.3) is 20.8 Å². The predicted molar refractivity (Wildman–Crippen MR) is 102 cm³/mol. The van der Waals surface area contributed by atoms with Crippen LogP contribution in [0.2, 0.25) is 0 Å². The number of fused-ring (bicyclic) bond motifs is 2. The average molecular weight is 326 g/mol. The Morgan fingerprint density at radius 3 is 2.43 bits per heavy atom. The van der Waals surface area contributed by atoms with E-state index in [0.29, 0.717) is 0 Å². The number of benzene rings is 2. The predicted octanol–water partition coefficient (Wildman–Crippen LogP) is 3.67. The van der Waals surface area contributed by atoms with Crippen molar-refractivity contribution in [2.24, 2.45) is 0 Å². The van der Waals surface area contributed by atoms with Gasteiger partial charge < -0.3 is 4.90 Å². The van der Waals surface area contributed by atoms with Gasteiger partial charge in [-0.3, -0.25) is 0 Å². The maximum Gasteiger partial charge on any atom is 0.201 e. The molecule has 0 amide bonds. The van der Waals surface area contributed by atoms with Crippen LogP contribution in [0.1, 0.15) is 20.8 Å². The molecule has 23 heavy (non-hydrogen) atoms.